The molecule has 0 fully saturated rings. The Morgan fingerprint density at radius 2 is 0.500 bits per heavy atom. The van der Waals surface area contributed by atoms with Crippen molar-refractivity contribution in [3.8, 4) is 0 Å². The third kappa shape index (κ3) is 69.2. The third-order valence-electron chi connectivity index (χ3n) is 18.2. The predicted octanol–water partition coefficient (Wildman–Crippen LogP) is 22.4. The molecule has 3 unspecified atom stereocenters. The highest BCUT2D eigenvalue weighted by molar-refractivity contribution is 7.47. The molecule has 0 aromatic carbocycles. The Hall–Kier alpha value is -1.94. The topological polar surface area (TPSA) is 237 Å². The molecular weight excluding hydrogens is 1260 g/mol. The first kappa shape index (κ1) is 94.1. The van der Waals surface area contributed by atoms with E-state index in [1.807, 2.05) is 0 Å². The predicted molar refractivity (Wildman–Crippen MR) is 391 cm³/mol. The number of ether oxygens (including phenoxy) is 4. The maximum Gasteiger partial charge on any atom is 0.472 e. The van der Waals surface area contributed by atoms with E-state index >= 15 is 0 Å². The molecule has 0 aliphatic heterocycles. The monoisotopic (exact) mass is 1410 g/mol. The zero-order valence-corrected chi connectivity index (χ0v) is 64.8. The quantitative estimate of drug-likeness (QED) is 0.0222. The van der Waals surface area contributed by atoms with Gasteiger partial charge in [-0.15, -0.1) is 0 Å². The van der Waals surface area contributed by atoms with E-state index in [4.69, 9.17) is 37.0 Å². The highest BCUT2D eigenvalue weighted by atomic mass is 31.2. The number of esters is 4. The number of carbonyl (C=O) groups excluding carboxylic acids is 4. The smallest absolute Gasteiger partial charge is 0.462 e. The normalized spacial score (nSPS) is 14.4. The van der Waals surface area contributed by atoms with E-state index in [9.17, 15) is 43.2 Å². The first-order valence-corrected chi connectivity index (χ1v) is 42.7. The van der Waals surface area contributed by atoms with Crippen LogP contribution in [0.5, 0.6) is 0 Å². The summed E-state index contributed by atoms with van der Waals surface area (Å²) >= 11 is 0. The molecule has 0 bridgehead atoms. The van der Waals surface area contributed by atoms with Gasteiger partial charge in [-0.1, -0.05) is 338 Å². The van der Waals surface area contributed by atoms with E-state index in [0.29, 0.717) is 31.6 Å². The van der Waals surface area contributed by atoms with E-state index < -0.39 is 97.5 Å². The fraction of sp³-hybridized carbons (Fsp3) is 0.948. The van der Waals surface area contributed by atoms with Crippen LogP contribution in [0.2, 0.25) is 0 Å². The summed E-state index contributed by atoms with van der Waals surface area (Å²) < 4.78 is 68.5. The molecule has 0 rings (SSSR count). The number of hydrogen-bond acceptors (Lipinski definition) is 15. The molecule has 0 aromatic heterocycles. The van der Waals surface area contributed by atoms with E-state index in [1.165, 1.54) is 186 Å². The molecule has 0 radical (unpaired) electrons. The van der Waals surface area contributed by atoms with Crippen LogP contribution in [0.3, 0.4) is 0 Å². The molecule has 0 amide bonds. The molecular formula is C77H150O17P2. The summed E-state index contributed by atoms with van der Waals surface area (Å²) in [5.74, 6) is 0.920. The summed E-state index contributed by atoms with van der Waals surface area (Å²) in [6.07, 6.45) is 51.5. The van der Waals surface area contributed by atoms with Crippen molar-refractivity contribution < 1.29 is 80.2 Å². The number of hydrogen-bond donors (Lipinski definition) is 3. The van der Waals surface area contributed by atoms with Crippen molar-refractivity contribution in [2.45, 2.75) is 408 Å². The average molecular weight is 1410 g/mol. The molecule has 6 atom stereocenters. The lowest BCUT2D eigenvalue weighted by molar-refractivity contribution is -0.161. The summed E-state index contributed by atoms with van der Waals surface area (Å²) in [6, 6.07) is 0. The first-order valence-electron chi connectivity index (χ1n) is 39.7. The SMILES string of the molecule is CCC(C)CCCCCCCCCCC(=O)OC[C@H](COP(=O)(O)OC[C@@H](O)COP(=O)(O)OC[C@@H](COC(=O)CCCCCCCCC(C)C)OC(=O)CCCCCCCCCCCCCC(C)C)OC(=O)CCCCCCCCCCCCCCCCCCCCC(C)C. The number of aliphatic hydroxyl groups is 1. The van der Waals surface area contributed by atoms with Gasteiger partial charge in [0.15, 0.2) is 12.2 Å². The minimum absolute atomic E-state index is 0.105. The van der Waals surface area contributed by atoms with Crippen LogP contribution in [-0.2, 0) is 65.4 Å². The second-order valence-electron chi connectivity index (χ2n) is 29.4. The van der Waals surface area contributed by atoms with Crippen molar-refractivity contribution in [1.82, 2.24) is 0 Å². The zero-order chi connectivity index (χ0) is 71.0. The highest BCUT2D eigenvalue weighted by Gasteiger charge is 2.30. The molecule has 570 valence electrons. The van der Waals surface area contributed by atoms with Gasteiger partial charge in [-0.3, -0.25) is 37.3 Å². The molecule has 96 heavy (non-hydrogen) atoms. The van der Waals surface area contributed by atoms with Gasteiger partial charge in [0.2, 0.25) is 0 Å². The number of phosphoric acid groups is 2. The van der Waals surface area contributed by atoms with Crippen molar-refractivity contribution in [2.24, 2.45) is 23.7 Å². The number of phosphoric ester groups is 2. The third-order valence-corrected chi connectivity index (χ3v) is 20.1. The molecule has 17 nitrogen and oxygen atoms in total. The largest absolute Gasteiger partial charge is 0.472 e. The van der Waals surface area contributed by atoms with Gasteiger partial charge in [-0.05, 0) is 49.4 Å². The summed E-state index contributed by atoms with van der Waals surface area (Å²) in [5.41, 5.74) is 0. The van der Waals surface area contributed by atoms with Gasteiger partial charge in [-0.2, -0.15) is 0 Å². The molecule has 3 N–H and O–H groups in total. The molecule has 0 aliphatic rings. The molecule has 0 saturated carbocycles. The van der Waals surface area contributed by atoms with Gasteiger partial charge in [0.05, 0.1) is 26.4 Å². The number of aliphatic hydroxyl groups excluding tert-OH is 1. The Labute approximate surface area is 588 Å². The van der Waals surface area contributed by atoms with Crippen LogP contribution in [0.1, 0.15) is 389 Å². The van der Waals surface area contributed by atoms with Crippen molar-refractivity contribution >= 4 is 39.5 Å². The lowest BCUT2D eigenvalue weighted by Crippen LogP contribution is -2.30. The van der Waals surface area contributed by atoms with Crippen LogP contribution < -0.4 is 0 Å². The lowest BCUT2D eigenvalue weighted by atomic mass is 9.99. The summed E-state index contributed by atoms with van der Waals surface area (Å²) in [5, 5.41) is 10.6. The van der Waals surface area contributed by atoms with Crippen molar-refractivity contribution in [1.29, 1.82) is 0 Å². The standard InChI is InChI=1S/C77H150O17P2/c1-9-70(8)56-48-40-31-27-28-32-41-49-57-74(79)87-63-72(93-76(81)59-51-43-33-25-21-17-15-13-11-10-12-14-16-19-23-29-37-45-53-67(2)3)65-91-95(83,84)89-61-71(78)62-90-96(85,86)92-66-73(64-88-75(80)58-50-42-36-35-39-47-55-69(6)7)94-77(82)60-52-44-34-26-22-18-20-24-30-38-46-54-68(4)5/h67-73,78H,9-66H2,1-8H3,(H,83,84)(H,85,86)/t70?,71-,72-,73-/m1/s1. The second kappa shape index (κ2) is 66.3. The van der Waals surface area contributed by atoms with Crippen LogP contribution in [0.4, 0.5) is 0 Å². The van der Waals surface area contributed by atoms with E-state index in [1.54, 1.807) is 0 Å². The lowest BCUT2D eigenvalue weighted by Gasteiger charge is -2.21. The van der Waals surface area contributed by atoms with Crippen LogP contribution in [0, 0.1) is 23.7 Å². The Morgan fingerprint density at radius 3 is 0.740 bits per heavy atom. The van der Waals surface area contributed by atoms with Crippen LogP contribution >= 0.6 is 15.6 Å². The van der Waals surface area contributed by atoms with Gasteiger partial charge in [-0.25, -0.2) is 9.13 Å². The molecule has 0 saturated heterocycles. The maximum absolute atomic E-state index is 13.1. The fourth-order valence-corrected chi connectivity index (χ4v) is 13.3. The molecule has 0 aliphatic carbocycles. The van der Waals surface area contributed by atoms with Gasteiger partial charge in [0.25, 0.3) is 0 Å². The summed E-state index contributed by atoms with van der Waals surface area (Å²) in [4.78, 5) is 72.8. The second-order valence-corrected chi connectivity index (χ2v) is 32.3. The Bertz CT molecular complexity index is 1890. The first-order chi connectivity index (χ1) is 46.1. The van der Waals surface area contributed by atoms with Crippen LogP contribution in [0.15, 0.2) is 0 Å². The van der Waals surface area contributed by atoms with Crippen LogP contribution in [-0.4, -0.2) is 96.7 Å². The zero-order valence-electron chi connectivity index (χ0n) is 63.0. The minimum atomic E-state index is -4.96. The van der Waals surface area contributed by atoms with Gasteiger partial charge < -0.3 is 33.8 Å². The number of carbonyl (C=O) groups is 4. The molecule has 0 aromatic rings. The maximum atomic E-state index is 13.1. The van der Waals surface area contributed by atoms with E-state index in [2.05, 4.69) is 55.4 Å². The molecule has 19 heteroatoms. The van der Waals surface area contributed by atoms with E-state index in [-0.39, 0.29) is 25.7 Å². The molecule has 0 heterocycles. The summed E-state index contributed by atoms with van der Waals surface area (Å²) in [6.45, 7) is 14.2. The van der Waals surface area contributed by atoms with Crippen LogP contribution in [0.25, 0.3) is 0 Å². The van der Waals surface area contributed by atoms with Crippen molar-refractivity contribution in [3.63, 3.8) is 0 Å². The Balaban J connectivity index is 5.20. The number of rotatable bonds is 74. The highest BCUT2D eigenvalue weighted by Crippen LogP contribution is 2.45. The fourth-order valence-electron chi connectivity index (χ4n) is 11.7. The summed E-state index contributed by atoms with van der Waals surface area (Å²) in [7, 11) is -9.91. The Morgan fingerprint density at radius 1 is 0.292 bits per heavy atom. The minimum Gasteiger partial charge on any atom is -0.462 e. The number of unbranched alkanes of at least 4 members (excludes halogenated alkanes) is 39. The average Bonchev–Trinajstić information content (AvgIpc) is 1.81. The van der Waals surface area contributed by atoms with Crippen molar-refractivity contribution in [2.75, 3.05) is 39.6 Å². The molecule has 0 spiro atoms. The van der Waals surface area contributed by atoms with Crippen molar-refractivity contribution in [3.05, 3.63) is 0 Å². The van der Waals surface area contributed by atoms with Gasteiger partial charge in [0.1, 0.15) is 19.3 Å². The van der Waals surface area contributed by atoms with Gasteiger partial charge in [0, 0.05) is 25.7 Å². The van der Waals surface area contributed by atoms with Gasteiger partial charge >= 0.3 is 39.5 Å². The Kier molecular flexibility index (Phi) is 65.0. The van der Waals surface area contributed by atoms with E-state index in [0.717, 1.165) is 114 Å².